The molecule has 0 saturated carbocycles. The van der Waals surface area contributed by atoms with E-state index in [1.807, 2.05) is 42.5 Å². The largest absolute Gasteiger partial charge is 0.435 e. The number of aromatic nitrogens is 1. The Morgan fingerprint density at radius 3 is 2.65 bits per heavy atom. The zero-order valence-electron chi connectivity index (χ0n) is 10.6. The van der Waals surface area contributed by atoms with E-state index >= 15 is 0 Å². The van der Waals surface area contributed by atoms with Crippen LogP contribution in [0.15, 0.2) is 51.4 Å². The van der Waals surface area contributed by atoms with Gasteiger partial charge in [-0.1, -0.05) is 6.07 Å². The number of anilines is 1. The number of oxazole rings is 1. The second-order valence-electron chi connectivity index (χ2n) is 4.33. The zero-order chi connectivity index (χ0) is 13.9. The minimum Gasteiger partial charge on any atom is -0.435 e. The van der Waals surface area contributed by atoms with E-state index in [1.165, 1.54) is 0 Å². The summed E-state index contributed by atoms with van der Waals surface area (Å²) in [5, 5.41) is 11.9. The Bertz CT molecular complexity index is 722. The fourth-order valence-electron chi connectivity index (χ4n) is 1.97. The molecular formula is C15H13BrN2O2. The Morgan fingerprint density at radius 1 is 1.15 bits per heavy atom. The molecule has 20 heavy (non-hydrogen) atoms. The van der Waals surface area contributed by atoms with Gasteiger partial charge >= 0.3 is 0 Å². The van der Waals surface area contributed by atoms with Crippen LogP contribution >= 0.6 is 15.9 Å². The maximum atomic E-state index is 8.77. The molecule has 0 radical (unpaired) electrons. The van der Waals surface area contributed by atoms with Crippen LogP contribution in [0, 0.1) is 0 Å². The second-order valence-corrected chi connectivity index (χ2v) is 5.19. The topological polar surface area (TPSA) is 58.3 Å². The molecule has 0 fully saturated rings. The molecule has 102 valence electrons. The lowest BCUT2D eigenvalue weighted by Crippen LogP contribution is -2.04. The first-order valence-electron chi connectivity index (χ1n) is 6.28. The third kappa shape index (κ3) is 2.55. The lowest BCUT2D eigenvalue weighted by molar-refractivity contribution is 0.311. The van der Waals surface area contributed by atoms with Gasteiger partial charge in [0.1, 0.15) is 5.52 Å². The van der Waals surface area contributed by atoms with Crippen LogP contribution in [0.2, 0.25) is 0 Å². The molecule has 0 amide bonds. The van der Waals surface area contributed by atoms with Gasteiger partial charge in [-0.2, -0.15) is 0 Å². The lowest BCUT2D eigenvalue weighted by Gasteiger charge is -2.04. The van der Waals surface area contributed by atoms with Crippen molar-refractivity contribution in [1.29, 1.82) is 0 Å². The number of fused-ring (bicyclic) bond motifs is 1. The highest BCUT2D eigenvalue weighted by molar-refractivity contribution is 9.10. The Hall–Kier alpha value is -1.85. The van der Waals surface area contributed by atoms with Gasteiger partial charge in [-0.15, -0.1) is 0 Å². The second kappa shape index (κ2) is 5.64. The molecule has 0 unspecified atom stereocenters. The van der Waals surface area contributed by atoms with Crippen molar-refractivity contribution in [3.05, 3.63) is 46.9 Å². The molecule has 0 spiro atoms. The van der Waals surface area contributed by atoms with E-state index in [0.717, 1.165) is 26.8 Å². The summed E-state index contributed by atoms with van der Waals surface area (Å²) in [6.07, 6.45) is 0. The molecule has 0 aliphatic rings. The van der Waals surface area contributed by atoms with Gasteiger partial charge in [-0.25, -0.2) is 4.98 Å². The van der Waals surface area contributed by atoms with Gasteiger partial charge in [-0.3, -0.25) is 0 Å². The minimum absolute atomic E-state index is 0.112. The average Bonchev–Trinajstić information content (AvgIpc) is 2.91. The van der Waals surface area contributed by atoms with E-state index < -0.39 is 0 Å². The van der Waals surface area contributed by atoms with E-state index in [4.69, 9.17) is 9.52 Å². The summed E-state index contributed by atoms with van der Waals surface area (Å²) in [6.45, 7) is 0.649. The van der Waals surface area contributed by atoms with Crippen molar-refractivity contribution in [1.82, 2.24) is 4.98 Å². The highest BCUT2D eigenvalue weighted by atomic mass is 79.9. The Balaban J connectivity index is 1.92. The third-order valence-electron chi connectivity index (χ3n) is 2.94. The van der Waals surface area contributed by atoms with Crippen molar-refractivity contribution in [3.8, 4) is 11.5 Å². The summed E-state index contributed by atoms with van der Waals surface area (Å²) >= 11 is 3.46. The standard InChI is InChI=1S/C15H13BrN2O2/c16-12-2-1-3-13-14(12)20-15(18-13)10-4-6-11(7-5-10)17-8-9-19/h1-7,17,19H,8-9H2. The summed E-state index contributed by atoms with van der Waals surface area (Å²) in [4.78, 5) is 4.48. The predicted octanol–water partition coefficient (Wildman–Crippen LogP) is 3.66. The maximum absolute atomic E-state index is 8.77. The molecular weight excluding hydrogens is 320 g/mol. The molecule has 3 aromatic rings. The van der Waals surface area contributed by atoms with E-state index in [2.05, 4.69) is 26.2 Å². The molecule has 2 N–H and O–H groups in total. The van der Waals surface area contributed by atoms with Gasteiger partial charge in [0, 0.05) is 17.8 Å². The van der Waals surface area contributed by atoms with Gasteiger partial charge in [0.2, 0.25) is 5.89 Å². The van der Waals surface area contributed by atoms with Gasteiger partial charge in [-0.05, 0) is 52.3 Å². The molecule has 4 nitrogen and oxygen atoms in total. The maximum Gasteiger partial charge on any atom is 0.227 e. The highest BCUT2D eigenvalue weighted by Gasteiger charge is 2.10. The summed E-state index contributed by atoms with van der Waals surface area (Å²) in [5.41, 5.74) is 3.46. The SMILES string of the molecule is OCCNc1ccc(-c2nc3cccc(Br)c3o2)cc1. The zero-order valence-corrected chi connectivity index (χ0v) is 12.2. The normalized spacial score (nSPS) is 10.9. The number of rotatable bonds is 4. The van der Waals surface area contributed by atoms with Crippen LogP contribution in [-0.2, 0) is 0 Å². The molecule has 0 aliphatic heterocycles. The average molecular weight is 333 g/mol. The van der Waals surface area contributed by atoms with Crippen LogP contribution in [0.4, 0.5) is 5.69 Å². The van der Waals surface area contributed by atoms with Crippen molar-refractivity contribution >= 4 is 32.7 Å². The molecule has 2 aromatic carbocycles. The summed E-state index contributed by atoms with van der Waals surface area (Å²) < 4.78 is 6.69. The number of hydrogen-bond donors (Lipinski definition) is 2. The van der Waals surface area contributed by atoms with Gasteiger partial charge < -0.3 is 14.8 Å². The number of hydrogen-bond acceptors (Lipinski definition) is 4. The first-order valence-corrected chi connectivity index (χ1v) is 7.07. The summed E-state index contributed by atoms with van der Waals surface area (Å²) in [7, 11) is 0. The summed E-state index contributed by atoms with van der Waals surface area (Å²) in [5.74, 6) is 0.598. The molecule has 0 aliphatic carbocycles. The van der Waals surface area contributed by atoms with E-state index in [1.54, 1.807) is 0 Å². The molecule has 5 heteroatoms. The van der Waals surface area contributed by atoms with Gasteiger partial charge in [0.05, 0.1) is 11.1 Å². The number of halogens is 1. The first kappa shape index (κ1) is 13.1. The minimum atomic E-state index is 0.112. The highest BCUT2D eigenvalue weighted by Crippen LogP contribution is 2.29. The van der Waals surface area contributed by atoms with Crippen molar-refractivity contribution in [2.24, 2.45) is 0 Å². The summed E-state index contributed by atoms with van der Waals surface area (Å²) in [6, 6.07) is 13.5. The van der Waals surface area contributed by atoms with Gasteiger partial charge in [0.25, 0.3) is 0 Å². The Kier molecular flexibility index (Phi) is 3.71. The predicted molar refractivity (Wildman–Crippen MR) is 82.7 cm³/mol. The number of benzene rings is 2. The Morgan fingerprint density at radius 2 is 1.95 bits per heavy atom. The third-order valence-corrected chi connectivity index (χ3v) is 3.56. The number of nitrogens with zero attached hydrogens (tertiary/aromatic N) is 1. The number of para-hydroxylation sites is 1. The molecule has 0 atom stereocenters. The smallest absolute Gasteiger partial charge is 0.227 e. The van der Waals surface area contributed by atoms with Crippen LogP contribution in [-0.4, -0.2) is 23.2 Å². The van der Waals surface area contributed by atoms with Crippen molar-refractivity contribution in [2.45, 2.75) is 0 Å². The van der Waals surface area contributed by atoms with Crippen molar-refractivity contribution in [3.63, 3.8) is 0 Å². The van der Waals surface area contributed by atoms with E-state index in [0.29, 0.717) is 12.4 Å². The number of nitrogens with one attached hydrogen (secondary N) is 1. The van der Waals surface area contributed by atoms with Crippen LogP contribution in [0.25, 0.3) is 22.6 Å². The van der Waals surface area contributed by atoms with Crippen LogP contribution in [0.1, 0.15) is 0 Å². The molecule has 1 heterocycles. The van der Waals surface area contributed by atoms with Crippen LogP contribution in [0.3, 0.4) is 0 Å². The van der Waals surface area contributed by atoms with Crippen LogP contribution in [0.5, 0.6) is 0 Å². The molecule has 0 saturated heterocycles. The van der Waals surface area contributed by atoms with E-state index in [9.17, 15) is 0 Å². The molecule has 1 aromatic heterocycles. The fraction of sp³-hybridized carbons (Fsp3) is 0.133. The quantitative estimate of drug-likeness (QED) is 0.765. The van der Waals surface area contributed by atoms with Crippen molar-refractivity contribution in [2.75, 3.05) is 18.5 Å². The monoisotopic (exact) mass is 332 g/mol. The van der Waals surface area contributed by atoms with Crippen LogP contribution < -0.4 is 5.32 Å². The number of aliphatic hydroxyl groups is 1. The number of aliphatic hydroxyl groups excluding tert-OH is 1. The molecule has 3 rings (SSSR count). The first-order chi connectivity index (χ1) is 9.78. The Labute approximate surface area is 124 Å². The van der Waals surface area contributed by atoms with Gasteiger partial charge in [0.15, 0.2) is 5.58 Å². The lowest BCUT2D eigenvalue weighted by atomic mass is 10.2. The van der Waals surface area contributed by atoms with E-state index in [-0.39, 0.29) is 6.61 Å². The van der Waals surface area contributed by atoms with Crippen molar-refractivity contribution < 1.29 is 9.52 Å². The molecule has 0 bridgehead atoms. The fourth-order valence-corrected chi connectivity index (χ4v) is 2.41.